The van der Waals surface area contributed by atoms with Gasteiger partial charge in [-0.05, 0) is 45.2 Å². The van der Waals surface area contributed by atoms with Crippen LogP contribution in [0.3, 0.4) is 0 Å². The van der Waals surface area contributed by atoms with Gasteiger partial charge in [-0.2, -0.15) is 0 Å². The van der Waals surface area contributed by atoms with Crippen LogP contribution in [0.4, 0.5) is 10.5 Å². The molecule has 0 heterocycles. The number of alkyl carbamates (subject to hydrolysis) is 1. The Kier molecular flexibility index (Phi) is 6.72. The molecule has 0 aliphatic carbocycles. The molecule has 0 bridgehead atoms. The molecule has 0 aliphatic heterocycles. The van der Waals surface area contributed by atoms with E-state index in [1.807, 2.05) is 51.1 Å². The van der Waals surface area contributed by atoms with Crippen LogP contribution in [0.15, 0.2) is 30.3 Å². The number of anilines is 1. The van der Waals surface area contributed by atoms with E-state index in [4.69, 9.17) is 4.74 Å². The molecule has 1 aromatic carbocycles. The Labute approximate surface area is 134 Å². The van der Waals surface area contributed by atoms with Crippen molar-refractivity contribution >= 4 is 11.8 Å². The van der Waals surface area contributed by atoms with Gasteiger partial charge in [0.1, 0.15) is 5.60 Å². The molecule has 0 aliphatic rings. The summed E-state index contributed by atoms with van der Waals surface area (Å²) in [5.41, 5.74) is 0.575. The van der Waals surface area contributed by atoms with E-state index in [0.717, 1.165) is 12.1 Å². The largest absolute Gasteiger partial charge is 0.444 e. The zero-order valence-electron chi connectivity index (χ0n) is 14.6. The van der Waals surface area contributed by atoms with Gasteiger partial charge in [0.25, 0.3) is 0 Å². The van der Waals surface area contributed by atoms with Crippen molar-refractivity contribution in [1.29, 1.82) is 0 Å². The summed E-state index contributed by atoms with van der Waals surface area (Å²) >= 11 is 0. The highest BCUT2D eigenvalue weighted by Crippen LogP contribution is 2.17. The number of rotatable bonds is 6. The van der Waals surface area contributed by atoms with E-state index in [1.54, 1.807) is 0 Å². The van der Waals surface area contributed by atoms with Crippen LogP contribution in [0.2, 0.25) is 0 Å². The molecule has 0 aromatic heterocycles. The van der Waals surface area contributed by atoms with Crippen molar-refractivity contribution in [1.82, 2.24) is 5.32 Å². The smallest absolute Gasteiger partial charge is 0.407 e. The van der Waals surface area contributed by atoms with Gasteiger partial charge in [-0.15, -0.1) is 0 Å². The molecule has 4 heteroatoms. The van der Waals surface area contributed by atoms with Gasteiger partial charge in [0, 0.05) is 11.7 Å². The van der Waals surface area contributed by atoms with Gasteiger partial charge in [0.2, 0.25) is 0 Å². The molecule has 1 rings (SSSR count). The highest BCUT2D eigenvalue weighted by Gasteiger charge is 2.27. The monoisotopic (exact) mass is 306 g/mol. The average molecular weight is 306 g/mol. The van der Waals surface area contributed by atoms with Crippen molar-refractivity contribution in [3.05, 3.63) is 30.3 Å². The van der Waals surface area contributed by atoms with E-state index in [9.17, 15) is 4.79 Å². The second-order valence-electron chi connectivity index (χ2n) is 6.94. The van der Waals surface area contributed by atoms with Crippen LogP contribution >= 0.6 is 0 Å². The van der Waals surface area contributed by atoms with Gasteiger partial charge in [-0.3, -0.25) is 0 Å². The number of hydrogen-bond acceptors (Lipinski definition) is 3. The van der Waals surface area contributed by atoms with Crippen molar-refractivity contribution in [3.8, 4) is 0 Å². The third-order valence-corrected chi connectivity index (χ3v) is 3.40. The van der Waals surface area contributed by atoms with E-state index in [1.165, 1.54) is 0 Å². The fourth-order valence-electron chi connectivity index (χ4n) is 2.37. The molecular weight excluding hydrogens is 276 g/mol. The molecule has 1 aromatic rings. The molecule has 22 heavy (non-hydrogen) atoms. The summed E-state index contributed by atoms with van der Waals surface area (Å²) in [5, 5.41) is 6.53. The minimum atomic E-state index is -0.486. The normalized spacial score (nSPS) is 14.3. The summed E-state index contributed by atoms with van der Waals surface area (Å²) in [7, 11) is 0. The second-order valence-corrected chi connectivity index (χ2v) is 6.94. The van der Waals surface area contributed by atoms with Crippen molar-refractivity contribution in [2.75, 3.05) is 5.32 Å². The summed E-state index contributed by atoms with van der Waals surface area (Å²) in [6, 6.07) is 10.2. The zero-order chi connectivity index (χ0) is 16.8. The molecule has 124 valence electrons. The summed E-state index contributed by atoms with van der Waals surface area (Å²) < 4.78 is 5.39. The first-order chi connectivity index (χ1) is 10.2. The first-order valence-electron chi connectivity index (χ1n) is 8.04. The Morgan fingerprint density at radius 3 is 2.23 bits per heavy atom. The van der Waals surface area contributed by atoms with Crippen molar-refractivity contribution in [2.24, 2.45) is 5.92 Å². The maximum atomic E-state index is 12.1. The molecule has 4 nitrogen and oxygen atoms in total. The van der Waals surface area contributed by atoms with Crippen LogP contribution in [0.25, 0.3) is 0 Å². The maximum absolute atomic E-state index is 12.1. The Morgan fingerprint density at radius 2 is 1.77 bits per heavy atom. The van der Waals surface area contributed by atoms with Gasteiger partial charge in [0.05, 0.1) is 6.04 Å². The number of amides is 1. The van der Waals surface area contributed by atoms with E-state index in [0.29, 0.717) is 5.92 Å². The van der Waals surface area contributed by atoms with Gasteiger partial charge in [0.15, 0.2) is 0 Å². The van der Waals surface area contributed by atoms with Crippen LogP contribution in [-0.4, -0.2) is 23.8 Å². The first-order valence-corrected chi connectivity index (χ1v) is 8.04. The predicted octanol–water partition coefficient (Wildman–Crippen LogP) is 4.43. The van der Waals surface area contributed by atoms with Gasteiger partial charge >= 0.3 is 6.09 Å². The molecule has 0 radical (unpaired) electrons. The molecule has 1 amide bonds. The van der Waals surface area contributed by atoms with Crippen molar-refractivity contribution in [3.63, 3.8) is 0 Å². The second kappa shape index (κ2) is 8.06. The fraction of sp³-hybridized carbons (Fsp3) is 0.611. The Bertz CT molecular complexity index is 452. The lowest BCUT2D eigenvalue weighted by atomic mass is 9.94. The van der Waals surface area contributed by atoms with Crippen LogP contribution < -0.4 is 10.6 Å². The lowest BCUT2D eigenvalue weighted by molar-refractivity contribution is 0.0482. The number of ether oxygens (including phenoxy) is 1. The highest BCUT2D eigenvalue weighted by molar-refractivity contribution is 5.68. The van der Waals surface area contributed by atoms with Crippen LogP contribution in [0.1, 0.15) is 48.0 Å². The number of para-hydroxylation sites is 1. The molecule has 0 saturated carbocycles. The lowest BCUT2D eigenvalue weighted by Crippen LogP contribution is -2.50. The average Bonchev–Trinajstić information content (AvgIpc) is 2.41. The van der Waals surface area contributed by atoms with Crippen molar-refractivity contribution in [2.45, 2.75) is 65.6 Å². The van der Waals surface area contributed by atoms with E-state index < -0.39 is 5.60 Å². The minimum Gasteiger partial charge on any atom is -0.444 e. The van der Waals surface area contributed by atoms with Crippen molar-refractivity contribution < 1.29 is 9.53 Å². The summed E-state index contributed by atoms with van der Waals surface area (Å²) in [4.78, 5) is 12.1. The predicted molar refractivity (Wildman–Crippen MR) is 92.1 cm³/mol. The number of nitrogens with one attached hydrogen (secondary N) is 2. The lowest BCUT2D eigenvalue weighted by Gasteiger charge is -2.32. The molecular formula is C18H30N2O2. The summed E-state index contributed by atoms with van der Waals surface area (Å²) in [6.45, 7) is 11.9. The number of benzene rings is 1. The van der Waals surface area contributed by atoms with E-state index >= 15 is 0 Å². The van der Waals surface area contributed by atoms with Gasteiger partial charge in [-0.1, -0.05) is 39.0 Å². The molecule has 0 saturated heterocycles. The van der Waals surface area contributed by atoms with E-state index in [-0.39, 0.29) is 18.2 Å². The molecule has 0 spiro atoms. The van der Waals surface area contributed by atoms with E-state index in [2.05, 4.69) is 31.4 Å². The maximum Gasteiger partial charge on any atom is 0.407 e. The number of carbonyl (C=O) groups excluding carboxylic acids is 1. The van der Waals surface area contributed by atoms with Gasteiger partial charge < -0.3 is 15.4 Å². The third kappa shape index (κ3) is 6.37. The zero-order valence-corrected chi connectivity index (χ0v) is 14.6. The molecule has 2 N–H and O–H groups in total. The Morgan fingerprint density at radius 1 is 1.18 bits per heavy atom. The van der Waals surface area contributed by atoms with Crippen LogP contribution in [-0.2, 0) is 4.74 Å². The SMILES string of the molecule is CC[C@H](Nc1ccccc1)[C@H](NC(=O)OC(C)(C)C)C(C)C. The quantitative estimate of drug-likeness (QED) is 0.817. The standard InChI is InChI=1S/C18H30N2O2/c1-7-15(19-14-11-9-8-10-12-14)16(13(2)3)20-17(21)22-18(4,5)6/h8-13,15-16,19H,7H2,1-6H3,(H,20,21)/t15-,16+/m0/s1. The summed E-state index contributed by atoms with van der Waals surface area (Å²) in [6.07, 6.45) is 0.549. The van der Waals surface area contributed by atoms with Crippen LogP contribution in [0.5, 0.6) is 0 Å². The Hall–Kier alpha value is -1.71. The topological polar surface area (TPSA) is 50.4 Å². The third-order valence-electron chi connectivity index (χ3n) is 3.40. The minimum absolute atomic E-state index is 0.0000520. The molecule has 2 atom stereocenters. The number of carbonyl (C=O) groups is 1. The van der Waals surface area contributed by atoms with Crippen LogP contribution in [0, 0.1) is 5.92 Å². The number of hydrogen-bond donors (Lipinski definition) is 2. The summed E-state index contributed by atoms with van der Waals surface area (Å²) in [5.74, 6) is 0.300. The Balaban J connectivity index is 2.76. The first kappa shape index (κ1) is 18.3. The highest BCUT2D eigenvalue weighted by atomic mass is 16.6. The molecule has 0 unspecified atom stereocenters. The fourth-order valence-corrected chi connectivity index (χ4v) is 2.37. The molecule has 0 fully saturated rings. The van der Waals surface area contributed by atoms with Gasteiger partial charge in [-0.25, -0.2) is 4.79 Å².